The molecule has 116 valence electrons. The van der Waals surface area contributed by atoms with Crippen molar-refractivity contribution < 1.29 is 13.2 Å². The van der Waals surface area contributed by atoms with Crippen LogP contribution in [0.25, 0.3) is 0 Å². The lowest BCUT2D eigenvalue weighted by molar-refractivity contribution is 0.102. The van der Waals surface area contributed by atoms with Gasteiger partial charge in [-0.25, -0.2) is 8.42 Å². The van der Waals surface area contributed by atoms with E-state index in [4.69, 9.17) is 5.26 Å². The van der Waals surface area contributed by atoms with E-state index in [1.54, 1.807) is 30.3 Å². The van der Waals surface area contributed by atoms with Gasteiger partial charge in [0.1, 0.15) is 0 Å². The molecule has 0 aliphatic carbocycles. The predicted molar refractivity (Wildman–Crippen MR) is 85.9 cm³/mol. The summed E-state index contributed by atoms with van der Waals surface area (Å²) in [4.78, 5) is 12.6. The number of amides is 1. The molecule has 1 N–H and O–H groups in total. The Hall–Kier alpha value is -2.65. The molecule has 6 heteroatoms. The number of benzene rings is 2. The van der Waals surface area contributed by atoms with E-state index in [-0.39, 0.29) is 11.7 Å². The van der Waals surface area contributed by atoms with Gasteiger partial charge in [-0.05, 0) is 54.8 Å². The number of carbonyl (C=O) groups is 1. The van der Waals surface area contributed by atoms with Crippen molar-refractivity contribution in [2.24, 2.45) is 0 Å². The minimum Gasteiger partial charge on any atom is -0.322 e. The lowest BCUT2D eigenvalue weighted by Crippen LogP contribution is -2.18. The third kappa shape index (κ3) is 3.10. The van der Waals surface area contributed by atoms with Crippen molar-refractivity contribution in [1.29, 1.82) is 5.26 Å². The summed E-state index contributed by atoms with van der Waals surface area (Å²) in [5.74, 6) is -0.169. The third-order valence-corrected chi connectivity index (χ3v) is 5.66. The largest absolute Gasteiger partial charge is 0.322 e. The van der Waals surface area contributed by atoms with E-state index >= 15 is 0 Å². The fraction of sp³-hybridized carbons (Fsp3) is 0.176. The summed E-state index contributed by atoms with van der Waals surface area (Å²) in [5, 5.41) is 11.6. The molecular weight excluding hydrogens is 312 g/mol. The Kier molecular flexibility index (Phi) is 3.89. The number of fused-ring (bicyclic) bond motifs is 1. The van der Waals surface area contributed by atoms with Crippen LogP contribution in [0.15, 0.2) is 47.4 Å². The summed E-state index contributed by atoms with van der Waals surface area (Å²) in [6, 6.07) is 13.3. The Labute approximate surface area is 134 Å². The Morgan fingerprint density at radius 1 is 1.17 bits per heavy atom. The van der Waals surface area contributed by atoms with E-state index in [1.165, 1.54) is 12.1 Å². The molecule has 5 nitrogen and oxygen atoms in total. The van der Waals surface area contributed by atoms with Gasteiger partial charge in [0.05, 0.1) is 22.3 Å². The lowest BCUT2D eigenvalue weighted by Gasteiger charge is -2.17. The van der Waals surface area contributed by atoms with Crippen LogP contribution in [-0.2, 0) is 16.3 Å². The van der Waals surface area contributed by atoms with Crippen molar-refractivity contribution in [3.8, 4) is 6.07 Å². The van der Waals surface area contributed by atoms with Crippen LogP contribution in [0, 0.1) is 11.3 Å². The van der Waals surface area contributed by atoms with Gasteiger partial charge in [-0.1, -0.05) is 6.07 Å². The highest BCUT2D eigenvalue weighted by atomic mass is 32.2. The van der Waals surface area contributed by atoms with Gasteiger partial charge in [-0.2, -0.15) is 5.26 Å². The summed E-state index contributed by atoms with van der Waals surface area (Å²) in [7, 11) is -3.22. The molecule has 0 fully saturated rings. The number of hydrogen-bond acceptors (Lipinski definition) is 4. The zero-order valence-electron chi connectivity index (χ0n) is 12.2. The molecule has 1 heterocycles. The molecule has 1 amide bonds. The van der Waals surface area contributed by atoms with Gasteiger partial charge in [0.2, 0.25) is 0 Å². The molecule has 0 spiro atoms. The number of nitrogens with zero attached hydrogens (tertiary/aromatic N) is 1. The van der Waals surface area contributed by atoms with Crippen molar-refractivity contribution >= 4 is 21.4 Å². The zero-order chi connectivity index (χ0) is 16.4. The first-order valence-electron chi connectivity index (χ1n) is 7.17. The molecule has 0 aromatic heterocycles. The van der Waals surface area contributed by atoms with Crippen LogP contribution >= 0.6 is 0 Å². The van der Waals surface area contributed by atoms with Crippen LogP contribution in [0.3, 0.4) is 0 Å². The third-order valence-electron chi connectivity index (χ3n) is 3.77. The molecule has 0 bridgehead atoms. The minimum atomic E-state index is -3.22. The maximum Gasteiger partial charge on any atom is 0.255 e. The first kappa shape index (κ1) is 15.3. The molecule has 0 radical (unpaired) electrons. The Morgan fingerprint density at radius 3 is 2.78 bits per heavy atom. The monoisotopic (exact) mass is 326 g/mol. The molecule has 23 heavy (non-hydrogen) atoms. The lowest BCUT2D eigenvalue weighted by atomic mass is 10.1. The van der Waals surface area contributed by atoms with E-state index in [1.807, 2.05) is 6.07 Å². The Morgan fingerprint density at radius 2 is 2.00 bits per heavy atom. The summed E-state index contributed by atoms with van der Waals surface area (Å²) in [5.41, 5.74) is 2.08. The zero-order valence-corrected chi connectivity index (χ0v) is 13.1. The van der Waals surface area contributed by atoms with E-state index < -0.39 is 9.84 Å². The standard InChI is InChI=1S/C17H14N2O3S/c18-11-12-3-1-5-15(9-12)19-17(20)14-6-7-16-13(10-14)4-2-8-23(16,21)22/h1,3,5-7,9-10H,2,4,8H2,(H,19,20). The van der Waals surface area contributed by atoms with Crippen LogP contribution in [0.4, 0.5) is 5.69 Å². The summed E-state index contributed by atoms with van der Waals surface area (Å²) >= 11 is 0. The highest BCUT2D eigenvalue weighted by Crippen LogP contribution is 2.26. The van der Waals surface area contributed by atoms with Gasteiger partial charge in [0, 0.05) is 11.3 Å². The van der Waals surface area contributed by atoms with Crippen LogP contribution in [0.2, 0.25) is 0 Å². The van der Waals surface area contributed by atoms with Crippen LogP contribution in [-0.4, -0.2) is 20.1 Å². The van der Waals surface area contributed by atoms with E-state index in [0.717, 1.165) is 0 Å². The first-order chi connectivity index (χ1) is 11.0. The molecule has 0 atom stereocenters. The maximum absolute atomic E-state index is 12.3. The number of hydrogen-bond donors (Lipinski definition) is 1. The van der Waals surface area contributed by atoms with Crippen molar-refractivity contribution in [3.05, 3.63) is 59.2 Å². The van der Waals surface area contributed by atoms with Gasteiger partial charge in [-0.3, -0.25) is 4.79 Å². The summed E-state index contributed by atoms with van der Waals surface area (Å²) in [6.45, 7) is 0. The summed E-state index contributed by atoms with van der Waals surface area (Å²) in [6.07, 6.45) is 1.23. The van der Waals surface area contributed by atoms with Crippen LogP contribution < -0.4 is 5.32 Å². The highest BCUT2D eigenvalue weighted by molar-refractivity contribution is 7.91. The van der Waals surface area contributed by atoms with Crippen LogP contribution in [0.1, 0.15) is 27.9 Å². The molecule has 1 aliphatic heterocycles. The number of anilines is 1. The highest BCUT2D eigenvalue weighted by Gasteiger charge is 2.24. The number of carbonyl (C=O) groups excluding carboxylic acids is 1. The Balaban J connectivity index is 1.87. The number of nitrogens with one attached hydrogen (secondary N) is 1. The number of sulfone groups is 1. The summed E-state index contributed by atoms with van der Waals surface area (Å²) < 4.78 is 24.0. The molecule has 0 unspecified atom stereocenters. The average molecular weight is 326 g/mol. The predicted octanol–water partition coefficient (Wildman–Crippen LogP) is 2.53. The van der Waals surface area contributed by atoms with E-state index in [9.17, 15) is 13.2 Å². The first-order valence-corrected chi connectivity index (χ1v) is 8.82. The second-order valence-corrected chi connectivity index (χ2v) is 7.47. The average Bonchev–Trinajstić information content (AvgIpc) is 2.54. The van der Waals surface area contributed by atoms with Gasteiger partial charge >= 0.3 is 0 Å². The molecular formula is C17H14N2O3S. The van der Waals surface area contributed by atoms with Crippen LogP contribution in [0.5, 0.6) is 0 Å². The number of aryl methyl sites for hydroxylation is 1. The molecule has 0 saturated carbocycles. The molecule has 1 aliphatic rings. The van der Waals surface area contributed by atoms with E-state index in [0.29, 0.717) is 40.1 Å². The quantitative estimate of drug-likeness (QED) is 0.918. The SMILES string of the molecule is N#Cc1cccc(NC(=O)c2ccc3c(c2)CCCS3(=O)=O)c1. The Bertz CT molecular complexity index is 927. The minimum absolute atomic E-state index is 0.159. The van der Waals surface area contributed by atoms with Gasteiger partial charge in [0.25, 0.3) is 5.91 Å². The number of rotatable bonds is 2. The van der Waals surface area contributed by atoms with Gasteiger partial charge in [-0.15, -0.1) is 0 Å². The van der Waals surface area contributed by atoms with Gasteiger partial charge in [0.15, 0.2) is 9.84 Å². The van der Waals surface area contributed by atoms with Crippen molar-refractivity contribution in [3.63, 3.8) is 0 Å². The fourth-order valence-electron chi connectivity index (χ4n) is 2.65. The maximum atomic E-state index is 12.3. The van der Waals surface area contributed by atoms with Crippen molar-refractivity contribution in [1.82, 2.24) is 0 Å². The molecule has 3 rings (SSSR count). The topological polar surface area (TPSA) is 87.0 Å². The normalized spacial score (nSPS) is 15.3. The second kappa shape index (κ2) is 5.86. The molecule has 2 aromatic rings. The molecule has 2 aromatic carbocycles. The van der Waals surface area contributed by atoms with E-state index in [2.05, 4.69) is 5.32 Å². The number of nitriles is 1. The molecule has 0 saturated heterocycles. The van der Waals surface area contributed by atoms with Crippen molar-refractivity contribution in [2.45, 2.75) is 17.7 Å². The van der Waals surface area contributed by atoms with Crippen molar-refractivity contribution in [2.75, 3.05) is 11.1 Å². The van der Waals surface area contributed by atoms with Gasteiger partial charge < -0.3 is 5.32 Å². The fourth-order valence-corrected chi connectivity index (χ4v) is 4.23. The second-order valence-electron chi connectivity index (χ2n) is 5.39. The smallest absolute Gasteiger partial charge is 0.255 e.